The summed E-state index contributed by atoms with van der Waals surface area (Å²) >= 11 is 1.73. The summed E-state index contributed by atoms with van der Waals surface area (Å²) in [5.41, 5.74) is 2.23. The van der Waals surface area contributed by atoms with Crippen LogP contribution >= 0.6 is 11.3 Å². The average Bonchev–Trinajstić information content (AvgIpc) is 2.73. The molecule has 0 saturated carbocycles. The lowest BCUT2D eigenvalue weighted by Gasteiger charge is -1.93. The number of aromatic nitrogens is 2. The van der Waals surface area contributed by atoms with E-state index in [0.29, 0.717) is 0 Å². The van der Waals surface area contributed by atoms with Crippen molar-refractivity contribution in [3.63, 3.8) is 0 Å². The van der Waals surface area contributed by atoms with Crippen molar-refractivity contribution in [2.24, 2.45) is 7.05 Å². The van der Waals surface area contributed by atoms with Gasteiger partial charge in [-0.25, -0.2) is 4.98 Å². The minimum Gasteiger partial charge on any atom is -0.230 e. The number of thiazole rings is 1. The second-order valence-electron chi connectivity index (χ2n) is 3.68. The molecule has 0 aliphatic carbocycles. The first-order valence-electron chi connectivity index (χ1n) is 5.15. The summed E-state index contributed by atoms with van der Waals surface area (Å²) in [6.45, 7) is 0. The number of benzene rings is 1. The highest BCUT2D eigenvalue weighted by Crippen LogP contribution is 2.27. The van der Waals surface area contributed by atoms with Gasteiger partial charge in [0.05, 0.1) is 10.2 Å². The van der Waals surface area contributed by atoms with Crippen molar-refractivity contribution in [2.75, 3.05) is 0 Å². The van der Waals surface area contributed by atoms with Gasteiger partial charge in [0, 0.05) is 12.1 Å². The van der Waals surface area contributed by atoms with E-state index in [0.717, 1.165) is 16.2 Å². The summed E-state index contributed by atoms with van der Waals surface area (Å²) in [6.07, 6.45) is 2.04. The van der Waals surface area contributed by atoms with Crippen molar-refractivity contribution in [1.29, 1.82) is 0 Å². The third kappa shape index (κ3) is 1.49. The van der Waals surface area contributed by atoms with Gasteiger partial charge in [0.25, 0.3) is 0 Å². The van der Waals surface area contributed by atoms with Gasteiger partial charge in [0.1, 0.15) is 7.05 Å². The first-order valence-corrected chi connectivity index (χ1v) is 5.97. The molecule has 0 spiro atoms. The molecule has 3 aromatic rings. The Hall–Kier alpha value is -1.74. The molecule has 16 heavy (non-hydrogen) atoms. The number of para-hydroxylation sites is 1. The fourth-order valence-corrected chi connectivity index (χ4v) is 2.76. The maximum absolute atomic E-state index is 4.64. The van der Waals surface area contributed by atoms with Gasteiger partial charge in [0.2, 0.25) is 5.69 Å². The molecule has 2 heterocycles. The molecule has 0 bridgehead atoms. The number of hydrogen-bond donors (Lipinski definition) is 0. The molecular formula is C13H11N2S+. The zero-order chi connectivity index (χ0) is 11.0. The number of hydrogen-bond acceptors (Lipinski definition) is 2. The standard InChI is InChI=1S/C13H11N2S/c1-15-9-5-4-7-11(15)13-14-10-6-2-3-8-12(10)16-13/h2-9H,1H3/q+1. The molecular weight excluding hydrogens is 216 g/mol. The lowest BCUT2D eigenvalue weighted by molar-refractivity contribution is -0.660. The van der Waals surface area contributed by atoms with Crippen molar-refractivity contribution in [2.45, 2.75) is 0 Å². The van der Waals surface area contributed by atoms with Gasteiger partial charge >= 0.3 is 0 Å². The Morgan fingerprint density at radius 2 is 1.88 bits per heavy atom. The summed E-state index contributed by atoms with van der Waals surface area (Å²) in [4.78, 5) is 4.64. The van der Waals surface area contributed by atoms with Crippen LogP contribution in [0, 0.1) is 0 Å². The summed E-state index contributed by atoms with van der Waals surface area (Å²) in [6, 6.07) is 14.4. The maximum Gasteiger partial charge on any atom is 0.241 e. The summed E-state index contributed by atoms with van der Waals surface area (Å²) in [5.74, 6) is 0. The second kappa shape index (κ2) is 3.68. The molecule has 0 aliphatic heterocycles. The normalized spacial score (nSPS) is 10.8. The molecule has 0 radical (unpaired) electrons. The van der Waals surface area contributed by atoms with Crippen molar-refractivity contribution in [3.05, 3.63) is 48.7 Å². The topological polar surface area (TPSA) is 16.8 Å². The van der Waals surface area contributed by atoms with Crippen molar-refractivity contribution < 1.29 is 4.57 Å². The van der Waals surface area contributed by atoms with Crippen LogP contribution < -0.4 is 4.57 Å². The number of rotatable bonds is 1. The second-order valence-corrected chi connectivity index (χ2v) is 4.71. The van der Waals surface area contributed by atoms with Gasteiger partial charge in [0.15, 0.2) is 11.2 Å². The van der Waals surface area contributed by atoms with Gasteiger partial charge in [-0.05, 0) is 18.2 Å². The molecule has 0 N–H and O–H groups in total. The monoisotopic (exact) mass is 227 g/mol. The predicted molar refractivity (Wildman–Crippen MR) is 66.2 cm³/mol. The van der Waals surface area contributed by atoms with Crippen LogP contribution in [-0.4, -0.2) is 4.98 Å². The quantitative estimate of drug-likeness (QED) is 0.584. The number of pyridine rings is 1. The zero-order valence-electron chi connectivity index (χ0n) is 8.92. The molecule has 0 atom stereocenters. The van der Waals surface area contributed by atoms with Crippen molar-refractivity contribution >= 4 is 21.6 Å². The van der Waals surface area contributed by atoms with E-state index in [1.807, 2.05) is 31.4 Å². The Balaban J connectivity index is 2.23. The lowest BCUT2D eigenvalue weighted by atomic mass is 10.3. The van der Waals surface area contributed by atoms with Crippen LogP contribution in [0.1, 0.15) is 0 Å². The largest absolute Gasteiger partial charge is 0.241 e. The Morgan fingerprint density at radius 1 is 1.06 bits per heavy atom. The zero-order valence-corrected chi connectivity index (χ0v) is 9.74. The van der Waals surface area contributed by atoms with Gasteiger partial charge in [-0.1, -0.05) is 12.1 Å². The molecule has 0 saturated heterocycles. The van der Waals surface area contributed by atoms with E-state index < -0.39 is 0 Å². The molecule has 2 nitrogen and oxygen atoms in total. The number of nitrogens with zero attached hydrogens (tertiary/aromatic N) is 2. The Morgan fingerprint density at radius 3 is 2.69 bits per heavy atom. The van der Waals surface area contributed by atoms with E-state index >= 15 is 0 Å². The number of aryl methyl sites for hydroxylation is 1. The maximum atomic E-state index is 4.64. The van der Waals surface area contributed by atoms with Crippen LogP contribution in [-0.2, 0) is 7.05 Å². The minimum absolute atomic E-state index is 1.07. The molecule has 78 valence electrons. The number of fused-ring (bicyclic) bond motifs is 1. The van der Waals surface area contributed by atoms with Crippen LogP contribution in [0.4, 0.5) is 0 Å². The van der Waals surface area contributed by atoms with E-state index in [4.69, 9.17) is 0 Å². The van der Waals surface area contributed by atoms with Crippen molar-refractivity contribution in [1.82, 2.24) is 4.98 Å². The summed E-state index contributed by atoms with van der Waals surface area (Å²) < 4.78 is 3.33. The average molecular weight is 227 g/mol. The molecule has 0 fully saturated rings. The van der Waals surface area contributed by atoms with Gasteiger partial charge in [-0.15, -0.1) is 11.3 Å². The van der Waals surface area contributed by atoms with Gasteiger partial charge < -0.3 is 0 Å². The van der Waals surface area contributed by atoms with Crippen LogP contribution in [0.2, 0.25) is 0 Å². The predicted octanol–water partition coefficient (Wildman–Crippen LogP) is 2.79. The third-order valence-electron chi connectivity index (χ3n) is 2.57. The first kappa shape index (κ1) is 9.48. The van der Waals surface area contributed by atoms with E-state index in [1.54, 1.807) is 11.3 Å². The molecule has 3 rings (SSSR count). The van der Waals surface area contributed by atoms with Gasteiger partial charge in [-0.2, -0.15) is 4.57 Å². The van der Waals surface area contributed by atoms with Crippen LogP contribution in [0.5, 0.6) is 0 Å². The minimum atomic E-state index is 1.07. The molecule has 0 aliphatic rings. The highest BCUT2D eigenvalue weighted by Gasteiger charge is 2.13. The van der Waals surface area contributed by atoms with Crippen molar-refractivity contribution in [3.8, 4) is 10.7 Å². The fraction of sp³-hybridized carbons (Fsp3) is 0.0769. The lowest BCUT2D eigenvalue weighted by Crippen LogP contribution is -2.29. The highest BCUT2D eigenvalue weighted by molar-refractivity contribution is 7.21. The smallest absolute Gasteiger partial charge is 0.230 e. The Labute approximate surface area is 97.8 Å². The highest BCUT2D eigenvalue weighted by atomic mass is 32.1. The molecule has 2 aromatic heterocycles. The molecule has 3 heteroatoms. The van der Waals surface area contributed by atoms with Crippen LogP contribution in [0.3, 0.4) is 0 Å². The SMILES string of the molecule is C[n+]1ccccc1-c1nc2ccccc2s1. The van der Waals surface area contributed by atoms with E-state index in [1.165, 1.54) is 4.70 Å². The van der Waals surface area contributed by atoms with E-state index in [9.17, 15) is 0 Å². The summed E-state index contributed by atoms with van der Waals surface area (Å²) in [7, 11) is 2.04. The van der Waals surface area contributed by atoms with Gasteiger partial charge in [-0.3, -0.25) is 0 Å². The van der Waals surface area contributed by atoms with E-state index in [2.05, 4.69) is 33.8 Å². The molecule has 1 aromatic carbocycles. The molecule has 0 unspecified atom stereocenters. The molecule has 0 amide bonds. The van der Waals surface area contributed by atoms with Crippen LogP contribution in [0.15, 0.2) is 48.7 Å². The Bertz CT molecular complexity index is 610. The third-order valence-corrected chi connectivity index (χ3v) is 3.63. The Kier molecular flexibility index (Phi) is 2.18. The first-order chi connectivity index (χ1) is 7.84. The van der Waals surface area contributed by atoms with Crippen LogP contribution in [0.25, 0.3) is 20.9 Å². The fourth-order valence-electron chi connectivity index (χ4n) is 1.73. The summed E-state index contributed by atoms with van der Waals surface area (Å²) in [5, 5.41) is 1.07. The van der Waals surface area contributed by atoms with E-state index in [-0.39, 0.29) is 0 Å².